The van der Waals surface area contributed by atoms with Crippen molar-refractivity contribution in [2.45, 2.75) is 0 Å². The van der Waals surface area contributed by atoms with Crippen molar-refractivity contribution in [3.05, 3.63) is 65.2 Å². The summed E-state index contributed by atoms with van der Waals surface area (Å²) in [6.07, 6.45) is 1.56. The van der Waals surface area contributed by atoms with Crippen molar-refractivity contribution in [3.63, 3.8) is 0 Å². The van der Waals surface area contributed by atoms with Gasteiger partial charge in [0.05, 0.1) is 25.5 Å². The number of ether oxygens (including phenoxy) is 2. The van der Waals surface area contributed by atoms with Gasteiger partial charge in [-0.15, -0.1) is 6.58 Å². The molecule has 26 heavy (non-hydrogen) atoms. The van der Waals surface area contributed by atoms with Crippen molar-refractivity contribution < 1.29 is 19.1 Å². The molecule has 2 amide bonds. The van der Waals surface area contributed by atoms with Crippen LogP contribution in [0.1, 0.15) is 20.7 Å². The zero-order valence-corrected chi connectivity index (χ0v) is 15.2. The molecule has 6 nitrogen and oxygen atoms in total. The molecule has 136 valence electrons. The molecule has 0 aliphatic carbocycles. The molecule has 0 spiro atoms. The van der Waals surface area contributed by atoms with Gasteiger partial charge in [-0.2, -0.15) is 0 Å². The first-order valence-electron chi connectivity index (χ1n) is 7.72. The van der Waals surface area contributed by atoms with Crippen LogP contribution in [0.15, 0.2) is 49.1 Å². The highest BCUT2D eigenvalue weighted by molar-refractivity contribution is 6.31. The molecule has 0 aliphatic rings. The predicted octanol–water partition coefficient (Wildman–Crippen LogP) is 3.53. The summed E-state index contributed by atoms with van der Waals surface area (Å²) in [6.45, 7) is 3.85. The molecule has 0 unspecified atom stereocenters. The topological polar surface area (TPSA) is 76.7 Å². The first-order chi connectivity index (χ1) is 12.5. The summed E-state index contributed by atoms with van der Waals surface area (Å²) in [6, 6.07) is 9.45. The third-order valence-corrected chi connectivity index (χ3v) is 3.76. The van der Waals surface area contributed by atoms with Crippen LogP contribution in [-0.2, 0) is 0 Å². The molecule has 2 aromatic rings. The van der Waals surface area contributed by atoms with Crippen molar-refractivity contribution in [2.75, 3.05) is 26.1 Å². The molecule has 0 fully saturated rings. The van der Waals surface area contributed by atoms with Gasteiger partial charge in [-0.3, -0.25) is 9.59 Å². The Kier molecular flexibility index (Phi) is 6.63. The van der Waals surface area contributed by atoms with E-state index in [1.807, 2.05) is 0 Å². The largest absolute Gasteiger partial charge is 0.493 e. The highest BCUT2D eigenvalue weighted by Crippen LogP contribution is 2.28. The van der Waals surface area contributed by atoms with E-state index in [4.69, 9.17) is 21.1 Å². The Balaban J connectivity index is 2.29. The third kappa shape index (κ3) is 4.55. The SMILES string of the molecule is C=CCNC(=O)c1cc(Cl)ccc1NC(=O)c1ccc(OC)c(OC)c1. The first kappa shape index (κ1) is 19.3. The second kappa shape index (κ2) is 8.92. The van der Waals surface area contributed by atoms with Gasteiger partial charge in [0.2, 0.25) is 0 Å². The molecule has 0 heterocycles. The number of anilines is 1. The Labute approximate surface area is 156 Å². The summed E-state index contributed by atoms with van der Waals surface area (Å²) >= 11 is 5.98. The molecule has 0 aliphatic heterocycles. The van der Waals surface area contributed by atoms with E-state index in [2.05, 4.69) is 17.2 Å². The molecular weight excluding hydrogens is 356 g/mol. The summed E-state index contributed by atoms with van der Waals surface area (Å²) in [5, 5.41) is 5.77. The fraction of sp³-hybridized carbons (Fsp3) is 0.158. The van der Waals surface area contributed by atoms with Crippen LogP contribution in [0, 0.1) is 0 Å². The standard InChI is InChI=1S/C19H19ClN2O4/c1-4-9-21-19(24)14-11-13(20)6-7-15(14)22-18(23)12-5-8-16(25-2)17(10-12)26-3/h4-8,10-11H,1,9H2,2-3H3,(H,21,24)(H,22,23). The number of halogens is 1. The number of benzene rings is 2. The molecule has 2 aromatic carbocycles. The maximum absolute atomic E-state index is 12.6. The van der Waals surface area contributed by atoms with Gasteiger partial charge in [0, 0.05) is 17.1 Å². The second-order valence-electron chi connectivity index (χ2n) is 5.21. The smallest absolute Gasteiger partial charge is 0.255 e. The van der Waals surface area contributed by atoms with Crippen LogP contribution in [0.2, 0.25) is 5.02 Å². The molecule has 0 aromatic heterocycles. The number of hydrogen-bond donors (Lipinski definition) is 2. The second-order valence-corrected chi connectivity index (χ2v) is 5.65. The van der Waals surface area contributed by atoms with E-state index >= 15 is 0 Å². The number of nitrogens with one attached hydrogen (secondary N) is 2. The Morgan fingerprint density at radius 2 is 1.81 bits per heavy atom. The van der Waals surface area contributed by atoms with E-state index in [9.17, 15) is 9.59 Å². The van der Waals surface area contributed by atoms with Crippen LogP contribution < -0.4 is 20.1 Å². The van der Waals surface area contributed by atoms with Gasteiger partial charge >= 0.3 is 0 Å². The van der Waals surface area contributed by atoms with Crippen molar-refractivity contribution in [3.8, 4) is 11.5 Å². The van der Waals surface area contributed by atoms with E-state index in [0.29, 0.717) is 34.3 Å². The number of amides is 2. The number of carbonyl (C=O) groups excluding carboxylic acids is 2. The maximum Gasteiger partial charge on any atom is 0.255 e. The van der Waals surface area contributed by atoms with Gasteiger partial charge in [-0.1, -0.05) is 17.7 Å². The summed E-state index contributed by atoms with van der Waals surface area (Å²) in [4.78, 5) is 24.8. The Morgan fingerprint density at radius 3 is 2.46 bits per heavy atom. The number of hydrogen-bond acceptors (Lipinski definition) is 4. The van der Waals surface area contributed by atoms with Crippen molar-refractivity contribution in [1.82, 2.24) is 5.32 Å². The molecule has 2 rings (SSSR count). The van der Waals surface area contributed by atoms with Crippen LogP contribution in [-0.4, -0.2) is 32.6 Å². The Bertz CT molecular complexity index is 836. The van der Waals surface area contributed by atoms with Crippen molar-refractivity contribution in [2.24, 2.45) is 0 Å². The van der Waals surface area contributed by atoms with Crippen LogP contribution in [0.25, 0.3) is 0 Å². The molecule has 7 heteroatoms. The van der Waals surface area contributed by atoms with E-state index < -0.39 is 5.91 Å². The Morgan fingerprint density at radius 1 is 1.08 bits per heavy atom. The summed E-state index contributed by atoms with van der Waals surface area (Å²) in [5.41, 5.74) is 0.957. The molecule has 2 N–H and O–H groups in total. The quantitative estimate of drug-likeness (QED) is 0.727. The van der Waals surface area contributed by atoms with Crippen LogP contribution >= 0.6 is 11.6 Å². The Hall–Kier alpha value is -2.99. The minimum Gasteiger partial charge on any atom is -0.493 e. The highest BCUT2D eigenvalue weighted by atomic mass is 35.5. The monoisotopic (exact) mass is 374 g/mol. The zero-order valence-electron chi connectivity index (χ0n) is 14.5. The normalized spacial score (nSPS) is 9.96. The van der Waals surface area contributed by atoms with Gasteiger partial charge in [0.15, 0.2) is 11.5 Å². The van der Waals surface area contributed by atoms with Gasteiger partial charge < -0.3 is 20.1 Å². The molecule has 0 atom stereocenters. The summed E-state index contributed by atoms with van der Waals surface area (Å²) < 4.78 is 10.4. The fourth-order valence-corrected chi connectivity index (χ4v) is 2.42. The lowest BCUT2D eigenvalue weighted by Gasteiger charge is -2.13. The van der Waals surface area contributed by atoms with Crippen molar-refractivity contribution in [1.29, 1.82) is 0 Å². The van der Waals surface area contributed by atoms with Crippen molar-refractivity contribution >= 4 is 29.1 Å². The minimum atomic E-state index is -0.397. The number of rotatable bonds is 7. The molecular formula is C19H19ClN2O4. The van der Waals surface area contributed by atoms with Gasteiger partial charge in [0.25, 0.3) is 11.8 Å². The van der Waals surface area contributed by atoms with Crippen LogP contribution in [0.5, 0.6) is 11.5 Å². The van der Waals surface area contributed by atoms with Gasteiger partial charge in [-0.05, 0) is 36.4 Å². The first-order valence-corrected chi connectivity index (χ1v) is 8.10. The molecule has 0 bridgehead atoms. The number of carbonyl (C=O) groups is 2. The van der Waals surface area contributed by atoms with E-state index in [1.165, 1.54) is 20.3 Å². The molecule has 0 saturated carbocycles. The predicted molar refractivity (Wildman–Crippen MR) is 101 cm³/mol. The fourth-order valence-electron chi connectivity index (χ4n) is 2.25. The lowest BCUT2D eigenvalue weighted by Crippen LogP contribution is -2.25. The average molecular weight is 375 g/mol. The van der Waals surface area contributed by atoms with E-state index in [1.54, 1.807) is 36.4 Å². The van der Waals surface area contributed by atoms with Crippen LogP contribution in [0.3, 0.4) is 0 Å². The third-order valence-electron chi connectivity index (χ3n) is 3.53. The maximum atomic E-state index is 12.6. The van der Waals surface area contributed by atoms with Gasteiger partial charge in [-0.25, -0.2) is 0 Å². The average Bonchev–Trinajstić information content (AvgIpc) is 2.66. The molecule has 0 saturated heterocycles. The zero-order chi connectivity index (χ0) is 19.1. The summed E-state index contributed by atoms with van der Waals surface area (Å²) in [5.74, 6) is 0.182. The number of methoxy groups -OCH3 is 2. The molecule has 0 radical (unpaired) electrons. The van der Waals surface area contributed by atoms with E-state index in [-0.39, 0.29) is 11.5 Å². The summed E-state index contributed by atoms with van der Waals surface area (Å²) in [7, 11) is 3.00. The van der Waals surface area contributed by atoms with E-state index in [0.717, 1.165) is 0 Å². The minimum absolute atomic E-state index is 0.258. The van der Waals surface area contributed by atoms with Gasteiger partial charge in [0.1, 0.15) is 0 Å². The van der Waals surface area contributed by atoms with Crippen LogP contribution in [0.4, 0.5) is 5.69 Å². The highest BCUT2D eigenvalue weighted by Gasteiger charge is 2.16. The lowest BCUT2D eigenvalue weighted by molar-refractivity contribution is 0.0959. The lowest BCUT2D eigenvalue weighted by atomic mass is 10.1.